The summed E-state index contributed by atoms with van der Waals surface area (Å²) in [6.07, 6.45) is 4.91. The summed E-state index contributed by atoms with van der Waals surface area (Å²) in [5, 5.41) is -0.265. The SMILES string of the molecule is CCC(C)S(=O)(=O)CC1CCC(C(=O)Cc2ccc(N3CC(C)OC(C)C3)cc2)CC1. The van der Waals surface area contributed by atoms with Gasteiger partial charge in [0.15, 0.2) is 9.84 Å². The van der Waals surface area contributed by atoms with Crippen molar-refractivity contribution in [3.05, 3.63) is 29.8 Å². The van der Waals surface area contributed by atoms with Gasteiger partial charge in [-0.05, 0) is 76.5 Å². The van der Waals surface area contributed by atoms with E-state index in [1.807, 2.05) is 6.92 Å². The summed E-state index contributed by atoms with van der Waals surface area (Å²) in [5.74, 6) is 0.858. The van der Waals surface area contributed by atoms with Crippen LogP contribution in [0.1, 0.15) is 65.4 Å². The second-order valence-electron chi connectivity index (χ2n) is 9.74. The number of ether oxygens (including phenoxy) is 1. The van der Waals surface area contributed by atoms with Crippen molar-refractivity contribution in [2.24, 2.45) is 11.8 Å². The number of hydrogen-bond donors (Lipinski definition) is 0. The molecule has 0 radical (unpaired) electrons. The number of Topliss-reactive ketones (excluding diaryl/α,β-unsaturated/α-hetero) is 1. The molecule has 1 aromatic carbocycles. The van der Waals surface area contributed by atoms with Gasteiger partial charge in [-0.25, -0.2) is 8.42 Å². The lowest BCUT2D eigenvalue weighted by atomic mass is 9.79. The van der Waals surface area contributed by atoms with Gasteiger partial charge in [-0.15, -0.1) is 0 Å². The number of hydrogen-bond acceptors (Lipinski definition) is 5. The Kier molecular flexibility index (Phi) is 8.19. The number of benzene rings is 1. The Hall–Kier alpha value is -1.40. The van der Waals surface area contributed by atoms with E-state index in [0.717, 1.165) is 44.3 Å². The largest absolute Gasteiger partial charge is 0.372 e. The summed E-state index contributed by atoms with van der Waals surface area (Å²) < 4.78 is 30.6. The van der Waals surface area contributed by atoms with Gasteiger partial charge in [0, 0.05) is 31.1 Å². The minimum absolute atomic E-state index is 0.0724. The highest BCUT2D eigenvalue weighted by Gasteiger charge is 2.30. The first-order valence-corrected chi connectivity index (χ1v) is 13.6. The van der Waals surface area contributed by atoms with E-state index in [1.165, 1.54) is 5.69 Å². The molecule has 0 N–H and O–H groups in total. The highest BCUT2D eigenvalue weighted by atomic mass is 32.2. The molecule has 1 heterocycles. The molecule has 3 unspecified atom stereocenters. The van der Waals surface area contributed by atoms with E-state index in [0.29, 0.717) is 18.6 Å². The normalized spacial score (nSPS) is 28.3. The van der Waals surface area contributed by atoms with Crippen LogP contribution in [0.4, 0.5) is 5.69 Å². The average molecular weight is 450 g/mol. The quantitative estimate of drug-likeness (QED) is 0.587. The fraction of sp³-hybridized carbons (Fsp3) is 0.720. The van der Waals surface area contributed by atoms with Crippen LogP contribution < -0.4 is 4.90 Å². The first-order valence-electron chi connectivity index (χ1n) is 11.9. The Morgan fingerprint density at radius 2 is 1.65 bits per heavy atom. The molecule has 5 nitrogen and oxygen atoms in total. The van der Waals surface area contributed by atoms with Gasteiger partial charge in [-0.3, -0.25) is 4.79 Å². The molecule has 174 valence electrons. The van der Waals surface area contributed by atoms with E-state index in [4.69, 9.17) is 4.74 Å². The van der Waals surface area contributed by atoms with Crippen LogP contribution >= 0.6 is 0 Å². The Balaban J connectivity index is 1.49. The number of sulfone groups is 1. The van der Waals surface area contributed by atoms with Crippen LogP contribution in [-0.2, 0) is 25.8 Å². The van der Waals surface area contributed by atoms with Crippen molar-refractivity contribution in [1.29, 1.82) is 0 Å². The first kappa shape index (κ1) is 24.2. The topological polar surface area (TPSA) is 63.7 Å². The van der Waals surface area contributed by atoms with Crippen molar-refractivity contribution in [3.63, 3.8) is 0 Å². The number of carbonyl (C=O) groups is 1. The van der Waals surface area contributed by atoms with Gasteiger partial charge < -0.3 is 9.64 Å². The van der Waals surface area contributed by atoms with Crippen molar-refractivity contribution in [2.75, 3.05) is 23.7 Å². The molecule has 2 aliphatic rings. The van der Waals surface area contributed by atoms with Crippen molar-refractivity contribution in [3.8, 4) is 0 Å². The smallest absolute Gasteiger partial charge is 0.153 e. The number of anilines is 1. The molecule has 0 amide bonds. The molecule has 0 aromatic heterocycles. The zero-order chi connectivity index (χ0) is 22.6. The zero-order valence-corrected chi connectivity index (χ0v) is 20.4. The molecule has 3 atom stereocenters. The van der Waals surface area contributed by atoms with Gasteiger partial charge >= 0.3 is 0 Å². The molecule has 0 spiro atoms. The van der Waals surface area contributed by atoms with Gasteiger partial charge in [0.25, 0.3) is 0 Å². The molecule has 1 aliphatic carbocycles. The number of morpholine rings is 1. The highest BCUT2D eigenvalue weighted by molar-refractivity contribution is 7.92. The lowest BCUT2D eigenvalue weighted by Gasteiger charge is -2.36. The third-order valence-corrected chi connectivity index (χ3v) is 9.55. The van der Waals surface area contributed by atoms with Crippen LogP contribution in [0.2, 0.25) is 0 Å². The lowest BCUT2D eigenvalue weighted by molar-refractivity contribution is -0.123. The summed E-state index contributed by atoms with van der Waals surface area (Å²) in [6.45, 7) is 9.70. The molecule has 1 saturated heterocycles. The van der Waals surface area contributed by atoms with Crippen LogP contribution in [0.3, 0.4) is 0 Å². The third kappa shape index (κ3) is 6.55. The molecule has 1 saturated carbocycles. The summed E-state index contributed by atoms with van der Waals surface area (Å²) >= 11 is 0. The molecule has 1 aromatic rings. The number of rotatable bonds is 8. The third-order valence-electron chi connectivity index (χ3n) is 7.06. The minimum atomic E-state index is -3.01. The highest BCUT2D eigenvalue weighted by Crippen LogP contribution is 2.32. The summed E-state index contributed by atoms with van der Waals surface area (Å²) in [6, 6.07) is 8.37. The van der Waals surface area contributed by atoms with Crippen molar-refractivity contribution in [1.82, 2.24) is 0 Å². The molecular weight excluding hydrogens is 410 g/mol. The van der Waals surface area contributed by atoms with Crippen molar-refractivity contribution < 1.29 is 17.9 Å². The van der Waals surface area contributed by atoms with Gasteiger partial charge in [0.2, 0.25) is 0 Å². The molecule has 31 heavy (non-hydrogen) atoms. The van der Waals surface area contributed by atoms with Gasteiger partial charge in [-0.1, -0.05) is 19.1 Å². The van der Waals surface area contributed by atoms with E-state index < -0.39 is 9.84 Å². The van der Waals surface area contributed by atoms with E-state index in [9.17, 15) is 13.2 Å². The second-order valence-corrected chi connectivity index (χ2v) is 12.2. The standard InChI is InChI=1S/C25H39NO4S/c1-5-20(4)31(28,29)17-22-6-10-23(11-7-22)25(27)14-21-8-12-24(13-9-21)26-15-18(2)30-19(3)16-26/h8-9,12-13,18-20,22-23H,5-7,10-11,14-17H2,1-4H3. The lowest BCUT2D eigenvalue weighted by Crippen LogP contribution is -2.45. The molecule has 3 rings (SSSR count). The van der Waals surface area contributed by atoms with Crippen molar-refractivity contribution in [2.45, 2.75) is 83.7 Å². The zero-order valence-electron chi connectivity index (χ0n) is 19.5. The number of carbonyl (C=O) groups excluding carboxylic acids is 1. The monoisotopic (exact) mass is 449 g/mol. The maximum absolute atomic E-state index is 12.8. The van der Waals surface area contributed by atoms with E-state index in [1.54, 1.807) is 6.92 Å². The average Bonchev–Trinajstić information content (AvgIpc) is 2.73. The van der Waals surface area contributed by atoms with E-state index in [2.05, 4.69) is 43.0 Å². The minimum Gasteiger partial charge on any atom is -0.372 e. The second kappa shape index (κ2) is 10.5. The summed E-state index contributed by atoms with van der Waals surface area (Å²) in [4.78, 5) is 15.2. The molecule has 1 aliphatic heterocycles. The first-order chi connectivity index (χ1) is 14.7. The molecular formula is C25H39NO4S. The predicted octanol–water partition coefficient (Wildman–Crippen LogP) is 4.43. The van der Waals surface area contributed by atoms with Crippen LogP contribution in [0.25, 0.3) is 0 Å². The Morgan fingerprint density at radius 3 is 2.19 bits per heavy atom. The van der Waals surface area contributed by atoms with E-state index >= 15 is 0 Å². The fourth-order valence-electron chi connectivity index (χ4n) is 4.96. The van der Waals surface area contributed by atoms with Crippen LogP contribution in [0, 0.1) is 11.8 Å². The van der Waals surface area contributed by atoms with Crippen LogP contribution in [-0.4, -0.2) is 50.5 Å². The van der Waals surface area contributed by atoms with Gasteiger partial charge in [0.05, 0.1) is 23.2 Å². The fourth-order valence-corrected chi connectivity index (χ4v) is 6.78. The Morgan fingerprint density at radius 1 is 1.06 bits per heavy atom. The Bertz CT molecular complexity index is 818. The molecule has 2 fully saturated rings. The van der Waals surface area contributed by atoms with Gasteiger partial charge in [-0.2, -0.15) is 0 Å². The van der Waals surface area contributed by atoms with Crippen LogP contribution in [0.5, 0.6) is 0 Å². The predicted molar refractivity (Wildman–Crippen MR) is 126 cm³/mol. The Labute approximate surface area is 188 Å². The van der Waals surface area contributed by atoms with Gasteiger partial charge in [0.1, 0.15) is 5.78 Å². The maximum Gasteiger partial charge on any atom is 0.153 e. The van der Waals surface area contributed by atoms with E-state index in [-0.39, 0.29) is 35.0 Å². The van der Waals surface area contributed by atoms with Crippen LogP contribution in [0.15, 0.2) is 24.3 Å². The number of ketones is 1. The summed E-state index contributed by atoms with van der Waals surface area (Å²) in [7, 11) is -3.01. The number of nitrogens with zero attached hydrogens (tertiary/aromatic N) is 1. The van der Waals surface area contributed by atoms with Crippen molar-refractivity contribution >= 4 is 21.3 Å². The summed E-state index contributed by atoms with van der Waals surface area (Å²) in [5.41, 5.74) is 2.24. The molecule has 6 heteroatoms. The molecule has 0 bridgehead atoms. The maximum atomic E-state index is 12.8.